The summed E-state index contributed by atoms with van der Waals surface area (Å²) in [6.45, 7) is 3.80. The Kier molecular flexibility index (Phi) is 4.45. The first kappa shape index (κ1) is 14.3. The Bertz CT molecular complexity index is 343. The predicted octanol–water partition coefficient (Wildman–Crippen LogP) is 0.536. The molecular formula is C14H25N3O2. The average Bonchev–Trinajstić information content (AvgIpc) is 2.40. The van der Waals surface area contributed by atoms with Crippen LogP contribution >= 0.6 is 0 Å². The molecule has 19 heavy (non-hydrogen) atoms. The van der Waals surface area contributed by atoms with Crippen molar-refractivity contribution < 1.29 is 9.59 Å². The molecule has 1 aliphatic heterocycles. The van der Waals surface area contributed by atoms with Gasteiger partial charge in [0.2, 0.25) is 11.8 Å². The lowest BCUT2D eigenvalue weighted by Gasteiger charge is -2.35. The number of carbonyl (C=O) groups excluding carboxylic acids is 2. The quantitative estimate of drug-likeness (QED) is 0.697. The highest BCUT2D eigenvalue weighted by atomic mass is 16.2. The summed E-state index contributed by atoms with van der Waals surface area (Å²) in [6, 6.07) is 0.210. The first-order valence-corrected chi connectivity index (χ1v) is 7.32. The minimum absolute atomic E-state index is 0.0000796. The number of hydrogen-bond acceptors (Lipinski definition) is 3. The minimum Gasteiger partial charge on any atom is -0.369 e. The molecule has 0 aromatic carbocycles. The Balaban J connectivity index is 1.82. The summed E-state index contributed by atoms with van der Waals surface area (Å²) in [5.74, 6) is -0.0458. The summed E-state index contributed by atoms with van der Waals surface area (Å²) in [4.78, 5) is 23.5. The number of nitrogens with two attached hydrogens (primary N) is 1. The van der Waals surface area contributed by atoms with Crippen LogP contribution in [0, 0.1) is 11.3 Å². The number of hydrogen-bond donors (Lipinski definition) is 3. The third-order valence-electron chi connectivity index (χ3n) is 4.61. The molecule has 0 aromatic rings. The third-order valence-corrected chi connectivity index (χ3v) is 4.61. The predicted molar refractivity (Wildman–Crippen MR) is 73.3 cm³/mol. The van der Waals surface area contributed by atoms with Crippen molar-refractivity contribution in [2.24, 2.45) is 17.1 Å². The van der Waals surface area contributed by atoms with Crippen molar-refractivity contribution in [3.63, 3.8) is 0 Å². The molecule has 1 unspecified atom stereocenters. The van der Waals surface area contributed by atoms with Gasteiger partial charge in [0, 0.05) is 18.5 Å². The molecule has 0 radical (unpaired) electrons. The molecule has 2 aliphatic rings. The first-order chi connectivity index (χ1) is 9.01. The molecule has 0 spiro atoms. The van der Waals surface area contributed by atoms with Crippen LogP contribution in [-0.2, 0) is 9.59 Å². The zero-order valence-corrected chi connectivity index (χ0v) is 11.7. The normalized spacial score (nSPS) is 35.6. The Labute approximate surface area is 114 Å². The van der Waals surface area contributed by atoms with E-state index in [-0.39, 0.29) is 29.2 Å². The van der Waals surface area contributed by atoms with Crippen LogP contribution in [0.5, 0.6) is 0 Å². The largest absolute Gasteiger partial charge is 0.369 e. The molecule has 0 bridgehead atoms. The van der Waals surface area contributed by atoms with Gasteiger partial charge in [0.15, 0.2) is 0 Å². The van der Waals surface area contributed by atoms with Gasteiger partial charge in [0.1, 0.15) is 0 Å². The van der Waals surface area contributed by atoms with Crippen molar-refractivity contribution in [1.82, 2.24) is 10.6 Å². The second kappa shape index (κ2) is 5.90. The van der Waals surface area contributed by atoms with Gasteiger partial charge >= 0.3 is 0 Å². The van der Waals surface area contributed by atoms with Gasteiger partial charge in [-0.25, -0.2) is 0 Å². The maximum absolute atomic E-state index is 12.4. The van der Waals surface area contributed by atoms with Gasteiger partial charge in [-0.1, -0.05) is 0 Å². The van der Waals surface area contributed by atoms with E-state index in [2.05, 4.69) is 10.6 Å². The number of rotatable bonds is 3. The highest BCUT2D eigenvalue weighted by Gasteiger charge is 2.36. The Morgan fingerprint density at radius 1 is 1.26 bits per heavy atom. The Morgan fingerprint density at radius 2 is 1.95 bits per heavy atom. The number of primary amides is 1. The van der Waals surface area contributed by atoms with E-state index in [9.17, 15) is 9.59 Å². The zero-order valence-electron chi connectivity index (χ0n) is 11.7. The van der Waals surface area contributed by atoms with Crippen LogP contribution < -0.4 is 16.4 Å². The molecule has 5 heteroatoms. The molecule has 2 amide bonds. The number of carbonyl (C=O) groups is 2. The highest BCUT2D eigenvalue weighted by Crippen LogP contribution is 2.28. The molecule has 0 aromatic heterocycles. The van der Waals surface area contributed by atoms with Crippen molar-refractivity contribution >= 4 is 11.8 Å². The van der Waals surface area contributed by atoms with E-state index in [0.717, 1.165) is 51.6 Å². The van der Waals surface area contributed by atoms with Crippen LogP contribution in [0.3, 0.4) is 0 Å². The van der Waals surface area contributed by atoms with Gasteiger partial charge in [-0.2, -0.15) is 0 Å². The van der Waals surface area contributed by atoms with Crippen molar-refractivity contribution in [3.8, 4) is 0 Å². The molecule has 2 rings (SSSR count). The minimum atomic E-state index is -0.279. The average molecular weight is 267 g/mol. The fourth-order valence-corrected chi connectivity index (χ4v) is 3.13. The molecular weight excluding hydrogens is 242 g/mol. The first-order valence-electron chi connectivity index (χ1n) is 7.32. The Hall–Kier alpha value is -1.10. The van der Waals surface area contributed by atoms with Crippen LogP contribution in [0.1, 0.15) is 45.4 Å². The highest BCUT2D eigenvalue weighted by molar-refractivity contribution is 5.83. The number of nitrogens with one attached hydrogen (secondary N) is 2. The van der Waals surface area contributed by atoms with Crippen molar-refractivity contribution in [2.75, 3.05) is 13.1 Å². The molecule has 4 N–H and O–H groups in total. The summed E-state index contributed by atoms with van der Waals surface area (Å²) in [5, 5.41) is 6.45. The van der Waals surface area contributed by atoms with Crippen LogP contribution in [0.4, 0.5) is 0 Å². The van der Waals surface area contributed by atoms with Crippen LogP contribution in [-0.4, -0.2) is 30.9 Å². The van der Waals surface area contributed by atoms with Gasteiger partial charge in [-0.3, -0.25) is 9.59 Å². The summed E-state index contributed by atoms with van der Waals surface area (Å²) >= 11 is 0. The fourth-order valence-electron chi connectivity index (χ4n) is 3.13. The molecule has 1 atom stereocenters. The molecule has 108 valence electrons. The zero-order chi connectivity index (χ0) is 13.9. The van der Waals surface area contributed by atoms with E-state index in [1.165, 1.54) is 0 Å². The maximum atomic E-state index is 12.4. The molecule has 1 saturated heterocycles. The Morgan fingerprint density at radius 3 is 2.47 bits per heavy atom. The molecule has 5 nitrogen and oxygen atoms in total. The summed E-state index contributed by atoms with van der Waals surface area (Å²) < 4.78 is 0. The van der Waals surface area contributed by atoms with Crippen molar-refractivity contribution in [2.45, 2.75) is 51.5 Å². The molecule has 1 saturated carbocycles. The van der Waals surface area contributed by atoms with Crippen molar-refractivity contribution in [3.05, 3.63) is 0 Å². The van der Waals surface area contributed by atoms with Crippen molar-refractivity contribution in [1.29, 1.82) is 0 Å². The van der Waals surface area contributed by atoms with E-state index in [1.807, 2.05) is 6.92 Å². The van der Waals surface area contributed by atoms with E-state index in [4.69, 9.17) is 5.73 Å². The molecule has 1 aliphatic carbocycles. The fraction of sp³-hybridized carbons (Fsp3) is 0.857. The number of amides is 2. The van der Waals surface area contributed by atoms with Gasteiger partial charge in [-0.05, 0) is 52.0 Å². The lowest BCUT2D eigenvalue weighted by Crippen LogP contribution is -2.51. The summed E-state index contributed by atoms with van der Waals surface area (Å²) in [6.07, 6.45) is 5.33. The smallest absolute Gasteiger partial charge is 0.227 e. The van der Waals surface area contributed by atoms with Gasteiger partial charge < -0.3 is 16.4 Å². The van der Waals surface area contributed by atoms with Gasteiger partial charge in [-0.15, -0.1) is 0 Å². The molecule has 1 heterocycles. The van der Waals surface area contributed by atoms with E-state index >= 15 is 0 Å². The van der Waals surface area contributed by atoms with Gasteiger partial charge in [0.05, 0.1) is 5.41 Å². The van der Waals surface area contributed by atoms with Crippen LogP contribution in [0.25, 0.3) is 0 Å². The summed E-state index contributed by atoms with van der Waals surface area (Å²) in [7, 11) is 0. The topological polar surface area (TPSA) is 84.2 Å². The van der Waals surface area contributed by atoms with Crippen LogP contribution in [0.15, 0.2) is 0 Å². The SMILES string of the molecule is CC1(C(=O)NC2CCC(C(N)=O)CC2)CCCNC1. The maximum Gasteiger partial charge on any atom is 0.227 e. The monoisotopic (exact) mass is 267 g/mol. The summed E-state index contributed by atoms with van der Waals surface area (Å²) in [5.41, 5.74) is 5.04. The van der Waals surface area contributed by atoms with E-state index in [0.29, 0.717) is 0 Å². The van der Waals surface area contributed by atoms with E-state index < -0.39 is 0 Å². The second-order valence-corrected chi connectivity index (χ2v) is 6.27. The number of piperidine rings is 1. The standard InChI is InChI=1S/C14H25N3O2/c1-14(7-2-8-16-9-14)13(19)17-11-5-3-10(4-6-11)12(15)18/h10-11,16H,2-9H2,1H3,(H2,15,18)(H,17,19). The van der Waals surface area contributed by atoms with E-state index in [1.54, 1.807) is 0 Å². The molecule has 2 fully saturated rings. The second-order valence-electron chi connectivity index (χ2n) is 6.27. The lowest BCUT2D eigenvalue weighted by molar-refractivity contribution is -0.132. The lowest BCUT2D eigenvalue weighted by atomic mass is 9.80. The third kappa shape index (κ3) is 3.47. The van der Waals surface area contributed by atoms with Gasteiger partial charge in [0.25, 0.3) is 0 Å². The van der Waals surface area contributed by atoms with Crippen LogP contribution in [0.2, 0.25) is 0 Å².